The highest BCUT2D eigenvalue weighted by Gasteiger charge is 2.60. The molecule has 0 aliphatic carbocycles. The number of rotatable bonds is 8. The summed E-state index contributed by atoms with van der Waals surface area (Å²) in [6.45, 7) is 1.10. The van der Waals surface area contributed by atoms with Crippen LogP contribution in [0.5, 0.6) is 0 Å². The number of benzene rings is 1. The van der Waals surface area contributed by atoms with Gasteiger partial charge in [0.25, 0.3) is 0 Å². The number of halogens is 5. The van der Waals surface area contributed by atoms with E-state index >= 15 is 0 Å². The average molecular weight is 422 g/mol. The molecule has 0 aliphatic heterocycles. The van der Waals surface area contributed by atoms with E-state index in [1.165, 1.54) is 5.56 Å². The van der Waals surface area contributed by atoms with E-state index in [-0.39, 0.29) is 18.7 Å². The van der Waals surface area contributed by atoms with Crippen molar-refractivity contribution in [3.8, 4) is 0 Å². The molecule has 0 unspecified atom stereocenters. The maximum absolute atomic E-state index is 12.6. The number of hydrogen-bond donors (Lipinski definition) is 0. The van der Waals surface area contributed by atoms with Crippen LogP contribution in [0.15, 0.2) is 30.3 Å². The van der Waals surface area contributed by atoms with Crippen molar-refractivity contribution >= 4 is 21.7 Å². The molecule has 4 nitrogen and oxygen atoms in total. The Hall–Kier alpha value is -0.900. The van der Waals surface area contributed by atoms with Crippen LogP contribution in [-0.2, 0) is 16.7 Å². The van der Waals surface area contributed by atoms with Gasteiger partial charge in [0.2, 0.25) is 0 Å². The molecule has 0 saturated heterocycles. The van der Waals surface area contributed by atoms with E-state index in [4.69, 9.17) is 11.6 Å². The lowest BCUT2D eigenvalue weighted by Gasteiger charge is -2.28. The standard InChI is InChI=1S/C10H16N.C6H9ClF4O3S/c1-11(2,3)9-10-7-5-4-6-8-10;7-4-2-1-3-5(8,9)6(10,11)15(12,13)14/h4-8H,9H2,1-3H3;1-4H2,(H,12,13,14)/q+1;/p-1. The summed E-state index contributed by atoms with van der Waals surface area (Å²) in [5, 5.41) is -5.58. The van der Waals surface area contributed by atoms with Crippen molar-refractivity contribution in [2.75, 3.05) is 27.0 Å². The minimum Gasteiger partial charge on any atom is -0.743 e. The largest absolute Gasteiger partial charge is 0.743 e. The van der Waals surface area contributed by atoms with E-state index in [1.807, 2.05) is 0 Å². The Morgan fingerprint density at radius 3 is 1.92 bits per heavy atom. The Labute approximate surface area is 157 Å². The van der Waals surface area contributed by atoms with Gasteiger partial charge < -0.3 is 9.04 Å². The van der Waals surface area contributed by atoms with E-state index in [0.717, 1.165) is 11.0 Å². The number of alkyl halides is 5. The lowest BCUT2D eigenvalue weighted by Crippen LogP contribution is -2.46. The predicted molar refractivity (Wildman–Crippen MR) is 92.3 cm³/mol. The van der Waals surface area contributed by atoms with Gasteiger partial charge in [0.1, 0.15) is 6.54 Å². The summed E-state index contributed by atoms with van der Waals surface area (Å²) in [4.78, 5) is 0. The Morgan fingerprint density at radius 2 is 1.54 bits per heavy atom. The van der Waals surface area contributed by atoms with Crippen LogP contribution in [0.3, 0.4) is 0 Å². The Kier molecular flexibility index (Phi) is 9.53. The minimum absolute atomic E-state index is 0.00816. The number of hydrogen-bond acceptors (Lipinski definition) is 3. The van der Waals surface area contributed by atoms with Gasteiger partial charge in [0.15, 0.2) is 10.1 Å². The number of nitrogens with zero attached hydrogens (tertiary/aromatic N) is 1. The van der Waals surface area contributed by atoms with Crippen molar-refractivity contribution in [2.45, 2.75) is 37.0 Å². The summed E-state index contributed by atoms with van der Waals surface area (Å²) >= 11 is 5.12. The molecule has 0 bridgehead atoms. The minimum atomic E-state index is -6.36. The van der Waals surface area contributed by atoms with Gasteiger partial charge in [-0.05, 0) is 12.8 Å². The second-order valence-corrected chi connectivity index (χ2v) is 8.55. The van der Waals surface area contributed by atoms with Crippen molar-refractivity contribution in [1.29, 1.82) is 0 Å². The van der Waals surface area contributed by atoms with E-state index < -0.39 is 27.7 Å². The van der Waals surface area contributed by atoms with Crippen LogP contribution >= 0.6 is 11.6 Å². The van der Waals surface area contributed by atoms with Crippen LogP contribution < -0.4 is 0 Å². The van der Waals surface area contributed by atoms with E-state index in [9.17, 15) is 30.5 Å². The summed E-state index contributed by atoms with van der Waals surface area (Å²) in [6, 6.07) is 10.6. The summed E-state index contributed by atoms with van der Waals surface area (Å²) < 4.78 is 81.0. The Bertz CT molecular complexity index is 635. The smallest absolute Gasteiger partial charge is 0.396 e. The van der Waals surface area contributed by atoms with Gasteiger partial charge in [0, 0.05) is 17.9 Å². The van der Waals surface area contributed by atoms with Gasteiger partial charge in [-0.3, -0.25) is 0 Å². The second kappa shape index (κ2) is 9.87. The highest BCUT2D eigenvalue weighted by Crippen LogP contribution is 2.41. The lowest BCUT2D eigenvalue weighted by atomic mass is 10.1. The summed E-state index contributed by atoms with van der Waals surface area (Å²) in [7, 11) is 0.241. The molecule has 26 heavy (non-hydrogen) atoms. The molecule has 0 fully saturated rings. The number of unbranched alkanes of at least 4 members (excludes halogenated alkanes) is 1. The molecule has 1 rings (SSSR count). The highest BCUT2D eigenvalue weighted by molar-refractivity contribution is 7.86. The quantitative estimate of drug-likeness (QED) is 0.209. The van der Waals surface area contributed by atoms with Crippen LogP contribution in [0.4, 0.5) is 17.6 Å². The molecule has 0 N–H and O–H groups in total. The van der Waals surface area contributed by atoms with Gasteiger partial charge >= 0.3 is 11.2 Å². The van der Waals surface area contributed by atoms with Gasteiger partial charge in [-0.1, -0.05) is 30.3 Å². The Morgan fingerprint density at radius 1 is 1.04 bits per heavy atom. The van der Waals surface area contributed by atoms with Crippen molar-refractivity contribution in [1.82, 2.24) is 0 Å². The van der Waals surface area contributed by atoms with Crippen molar-refractivity contribution in [3.05, 3.63) is 35.9 Å². The molecule has 0 atom stereocenters. The molecule has 0 saturated carbocycles. The zero-order chi connectivity index (χ0) is 20.6. The summed E-state index contributed by atoms with van der Waals surface area (Å²) in [5.41, 5.74) is 1.40. The summed E-state index contributed by atoms with van der Waals surface area (Å²) in [6.07, 6.45) is -1.75. The van der Waals surface area contributed by atoms with E-state index in [2.05, 4.69) is 51.5 Å². The van der Waals surface area contributed by atoms with Crippen LogP contribution in [0.25, 0.3) is 0 Å². The Balaban J connectivity index is 0.000000502. The first-order chi connectivity index (χ1) is 11.6. The molecular weight excluding hydrogens is 398 g/mol. The molecule has 0 aliphatic rings. The van der Waals surface area contributed by atoms with Crippen LogP contribution in [0, 0.1) is 0 Å². The topological polar surface area (TPSA) is 57.2 Å². The first kappa shape index (κ1) is 25.1. The third-order valence-electron chi connectivity index (χ3n) is 3.11. The van der Waals surface area contributed by atoms with E-state index in [1.54, 1.807) is 0 Å². The zero-order valence-corrected chi connectivity index (χ0v) is 16.5. The highest BCUT2D eigenvalue weighted by atomic mass is 35.5. The molecule has 152 valence electrons. The maximum atomic E-state index is 12.6. The fourth-order valence-corrected chi connectivity index (χ4v) is 2.56. The monoisotopic (exact) mass is 421 g/mol. The van der Waals surface area contributed by atoms with E-state index in [0.29, 0.717) is 0 Å². The molecule has 0 radical (unpaired) electrons. The average Bonchev–Trinajstić information content (AvgIpc) is 2.46. The molecule has 0 aromatic heterocycles. The van der Waals surface area contributed by atoms with Crippen molar-refractivity contribution in [2.24, 2.45) is 0 Å². The number of quaternary nitrogens is 1. The molecule has 0 heterocycles. The molecule has 0 spiro atoms. The second-order valence-electron chi connectivity index (χ2n) is 6.76. The van der Waals surface area contributed by atoms with Gasteiger partial charge in [-0.15, -0.1) is 11.6 Å². The van der Waals surface area contributed by atoms with Crippen LogP contribution in [0.1, 0.15) is 24.8 Å². The normalized spacial score (nSPS) is 13.1. The van der Waals surface area contributed by atoms with Crippen LogP contribution in [0.2, 0.25) is 0 Å². The van der Waals surface area contributed by atoms with Gasteiger partial charge in [-0.2, -0.15) is 17.6 Å². The summed E-state index contributed by atoms with van der Waals surface area (Å²) in [5.74, 6) is -4.87. The molecule has 1 aromatic carbocycles. The third-order valence-corrected chi connectivity index (χ3v) is 4.31. The van der Waals surface area contributed by atoms with Crippen molar-refractivity contribution in [3.63, 3.8) is 0 Å². The predicted octanol–water partition coefficient (Wildman–Crippen LogP) is 4.06. The van der Waals surface area contributed by atoms with Crippen LogP contribution in [-0.4, -0.2) is 55.7 Å². The molecule has 1 aromatic rings. The maximum Gasteiger partial charge on any atom is 0.396 e. The first-order valence-corrected chi connectivity index (χ1v) is 9.70. The van der Waals surface area contributed by atoms with Crippen molar-refractivity contribution < 1.29 is 35.0 Å². The molecule has 0 amide bonds. The first-order valence-electron chi connectivity index (χ1n) is 7.75. The SMILES string of the molecule is C[N+](C)(C)Cc1ccccc1.O=S(=O)([O-])C(F)(F)C(F)(F)CCCCCl. The van der Waals surface area contributed by atoms with Gasteiger partial charge in [0.05, 0.1) is 21.1 Å². The third kappa shape index (κ3) is 8.66. The fraction of sp³-hybridized carbons (Fsp3) is 0.625. The molecule has 10 heteroatoms. The lowest BCUT2D eigenvalue weighted by molar-refractivity contribution is -0.884. The molecular formula is C16H24ClF4NO3S. The zero-order valence-electron chi connectivity index (χ0n) is 14.9. The fourth-order valence-electron chi connectivity index (χ4n) is 1.90. The van der Waals surface area contributed by atoms with Gasteiger partial charge in [-0.25, -0.2) is 8.42 Å².